The van der Waals surface area contributed by atoms with E-state index in [1.54, 1.807) is 6.92 Å². The van der Waals surface area contributed by atoms with Crippen molar-refractivity contribution >= 4 is 5.91 Å². The van der Waals surface area contributed by atoms with Crippen LogP contribution >= 0.6 is 0 Å². The second-order valence-electron chi connectivity index (χ2n) is 4.42. The molecule has 96 valence electrons. The Hall–Kier alpha value is -0.650. The molecule has 3 N–H and O–H groups in total. The summed E-state index contributed by atoms with van der Waals surface area (Å²) in [5.41, 5.74) is 5.35. The molecule has 5 heteroatoms. The van der Waals surface area contributed by atoms with Crippen LogP contribution in [0.3, 0.4) is 0 Å². The maximum absolute atomic E-state index is 11.5. The van der Waals surface area contributed by atoms with Crippen LogP contribution in [0.4, 0.5) is 0 Å². The van der Waals surface area contributed by atoms with Gasteiger partial charge in [0.1, 0.15) is 6.10 Å². The molecule has 0 spiro atoms. The van der Waals surface area contributed by atoms with E-state index in [1.165, 1.54) is 0 Å². The molecular weight excluding hydrogens is 208 g/mol. The Balaban J connectivity index is 3.65. The molecule has 16 heavy (non-hydrogen) atoms. The first-order chi connectivity index (χ1) is 7.37. The van der Waals surface area contributed by atoms with Gasteiger partial charge < -0.3 is 20.5 Å². The van der Waals surface area contributed by atoms with Gasteiger partial charge in [-0.3, -0.25) is 4.79 Å². The average molecular weight is 232 g/mol. The fourth-order valence-corrected chi connectivity index (χ4v) is 0.962. The van der Waals surface area contributed by atoms with E-state index < -0.39 is 11.6 Å². The predicted molar refractivity (Wildman–Crippen MR) is 63.2 cm³/mol. The van der Waals surface area contributed by atoms with Gasteiger partial charge in [-0.1, -0.05) is 0 Å². The van der Waals surface area contributed by atoms with E-state index in [0.29, 0.717) is 26.4 Å². The van der Waals surface area contributed by atoms with Crippen LogP contribution in [-0.2, 0) is 14.3 Å². The van der Waals surface area contributed by atoms with Crippen molar-refractivity contribution in [3.05, 3.63) is 0 Å². The summed E-state index contributed by atoms with van der Waals surface area (Å²) in [7, 11) is 0. The standard InChI is InChI=1S/C11H24N2O3/c1-5-15-6-7-16-9(2)10(14)13-8-11(3,4)12/h9H,5-8,12H2,1-4H3,(H,13,14). The zero-order valence-corrected chi connectivity index (χ0v) is 10.7. The van der Waals surface area contributed by atoms with Crippen molar-refractivity contribution in [2.24, 2.45) is 5.73 Å². The van der Waals surface area contributed by atoms with Gasteiger partial charge in [-0.2, -0.15) is 0 Å². The van der Waals surface area contributed by atoms with Gasteiger partial charge in [0.25, 0.3) is 0 Å². The highest BCUT2D eigenvalue weighted by molar-refractivity contribution is 5.80. The normalized spacial score (nSPS) is 13.6. The molecule has 0 rings (SSSR count). The molecule has 0 aromatic rings. The Labute approximate surface area is 97.7 Å². The number of amides is 1. The molecule has 1 atom stereocenters. The van der Waals surface area contributed by atoms with E-state index in [9.17, 15) is 4.79 Å². The molecule has 5 nitrogen and oxygen atoms in total. The van der Waals surface area contributed by atoms with E-state index in [4.69, 9.17) is 15.2 Å². The molecule has 0 aliphatic heterocycles. The van der Waals surface area contributed by atoms with Gasteiger partial charge in [-0.15, -0.1) is 0 Å². The number of hydrogen-bond donors (Lipinski definition) is 2. The van der Waals surface area contributed by atoms with Gasteiger partial charge in [0.15, 0.2) is 0 Å². The highest BCUT2D eigenvalue weighted by Crippen LogP contribution is 1.95. The van der Waals surface area contributed by atoms with E-state index in [2.05, 4.69) is 5.32 Å². The molecule has 0 saturated carbocycles. The second-order valence-corrected chi connectivity index (χ2v) is 4.42. The lowest BCUT2D eigenvalue weighted by Gasteiger charge is -2.20. The van der Waals surface area contributed by atoms with Crippen molar-refractivity contribution in [2.45, 2.75) is 39.3 Å². The Morgan fingerprint density at radius 3 is 2.56 bits per heavy atom. The Bertz CT molecular complexity index is 202. The summed E-state index contributed by atoms with van der Waals surface area (Å²) in [6.45, 7) is 9.37. The first-order valence-corrected chi connectivity index (χ1v) is 5.62. The molecule has 0 aromatic carbocycles. The van der Waals surface area contributed by atoms with Crippen LogP contribution in [0.25, 0.3) is 0 Å². The lowest BCUT2D eigenvalue weighted by atomic mass is 10.1. The Morgan fingerprint density at radius 1 is 1.44 bits per heavy atom. The lowest BCUT2D eigenvalue weighted by Crippen LogP contribution is -2.47. The summed E-state index contributed by atoms with van der Waals surface area (Å²) in [6.07, 6.45) is -0.470. The van der Waals surface area contributed by atoms with Gasteiger partial charge in [-0.25, -0.2) is 0 Å². The van der Waals surface area contributed by atoms with Crippen molar-refractivity contribution in [2.75, 3.05) is 26.4 Å². The highest BCUT2D eigenvalue weighted by atomic mass is 16.5. The van der Waals surface area contributed by atoms with E-state index in [0.717, 1.165) is 0 Å². The predicted octanol–water partition coefficient (Wildman–Crippen LogP) is 0.282. The lowest BCUT2D eigenvalue weighted by molar-refractivity contribution is -0.132. The number of hydrogen-bond acceptors (Lipinski definition) is 4. The molecule has 0 aliphatic carbocycles. The molecule has 0 heterocycles. The monoisotopic (exact) mass is 232 g/mol. The fourth-order valence-electron chi connectivity index (χ4n) is 0.962. The molecular formula is C11H24N2O3. The molecule has 1 amide bonds. The van der Waals surface area contributed by atoms with Gasteiger partial charge in [0.05, 0.1) is 13.2 Å². The Morgan fingerprint density at radius 2 is 2.06 bits per heavy atom. The molecule has 0 bridgehead atoms. The molecule has 0 aliphatic rings. The topological polar surface area (TPSA) is 73.6 Å². The van der Waals surface area contributed by atoms with E-state index >= 15 is 0 Å². The quantitative estimate of drug-likeness (QED) is 0.590. The second kappa shape index (κ2) is 7.60. The van der Waals surface area contributed by atoms with Crippen LogP contribution in [0.5, 0.6) is 0 Å². The minimum Gasteiger partial charge on any atom is -0.379 e. The van der Waals surface area contributed by atoms with Crippen molar-refractivity contribution < 1.29 is 14.3 Å². The van der Waals surface area contributed by atoms with Crippen molar-refractivity contribution in [1.29, 1.82) is 0 Å². The Kier molecular flexibility index (Phi) is 7.29. The van der Waals surface area contributed by atoms with E-state index in [-0.39, 0.29) is 5.91 Å². The molecule has 0 radical (unpaired) electrons. The van der Waals surface area contributed by atoms with Gasteiger partial charge in [-0.05, 0) is 27.7 Å². The van der Waals surface area contributed by atoms with Crippen LogP contribution in [0.15, 0.2) is 0 Å². The van der Waals surface area contributed by atoms with Crippen LogP contribution < -0.4 is 11.1 Å². The number of carbonyl (C=O) groups excluding carboxylic acids is 1. The van der Waals surface area contributed by atoms with Crippen LogP contribution in [-0.4, -0.2) is 43.9 Å². The van der Waals surface area contributed by atoms with Crippen LogP contribution in [0.2, 0.25) is 0 Å². The summed E-state index contributed by atoms with van der Waals surface area (Å²) in [5.74, 6) is -0.143. The fraction of sp³-hybridized carbons (Fsp3) is 0.909. The van der Waals surface area contributed by atoms with E-state index in [1.807, 2.05) is 20.8 Å². The number of nitrogens with two attached hydrogens (primary N) is 1. The maximum atomic E-state index is 11.5. The summed E-state index contributed by atoms with van der Waals surface area (Å²) < 4.78 is 10.4. The number of nitrogens with one attached hydrogen (secondary N) is 1. The molecule has 0 fully saturated rings. The van der Waals surface area contributed by atoms with Crippen LogP contribution in [0, 0.1) is 0 Å². The third-order valence-corrected chi connectivity index (χ3v) is 1.89. The number of carbonyl (C=O) groups is 1. The average Bonchev–Trinajstić information content (AvgIpc) is 2.19. The van der Waals surface area contributed by atoms with Gasteiger partial charge in [0.2, 0.25) is 5.91 Å². The summed E-state index contributed by atoms with van der Waals surface area (Å²) in [5, 5.41) is 2.73. The third kappa shape index (κ3) is 8.64. The zero-order valence-electron chi connectivity index (χ0n) is 10.7. The number of ether oxygens (including phenoxy) is 2. The highest BCUT2D eigenvalue weighted by Gasteiger charge is 2.16. The molecule has 1 unspecified atom stereocenters. The van der Waals surface area contributed by atoms with Crippen LogP contribution in [0.1, 0.15) is 27.7 Å². The van der Waals surface area contributed by atoms with Crippen molar-refractivity contribution in [3.63, 3.8) is 0 Å². The van der Waals surface area contributed by atoms with Crippen molar-refractivity contribution in [3.8, 4) is 0 Å². The zero-order chi connectivity index (χ0) is 12.6. The minimum atomic E-state index is -0.470. The molecule has 0 aromatic heterocycles. The first kappa shape index (κ1) is 15.3. The minimum absolute atomic E-state index is 0.143. The maximum Gasteiger partial charge on any atom is 0.248 e. The molecule has 0 saturated heterocycles. The summed E-state index contributed by atoms with van der Waals surface area (Å²) in [4.78, 5) is 11.5. The summed E-state index contributed by atoms with van der Waals surface area (Å²) >= 11 is 0. The largest absolute Gasteiger partial charge is 0.379 e. The third-order valence-electron chi connectivity index (χ3n) is 1.89. The van der Waals surface area contributed by atoms with Crippen molar-refractivity contribution in [1.82, 2.24) is 5.32 Å². The SMILES string of the molecule is CCOCCOC(C)C(=O)NCC(C)(C)N. The number of rotatable bonds is 8. The summed E-state index contributed by atoms with van der Waals surface area (Å²) in [6, 6.07) is 0. The van der Waals surface area contributed by atoms with Gasteiger partial charge >= 0.3 is 0 Å². The smallest absolute Gasteiger partial charge is 0.248 e. The first-order valence-electron chi connectivity index (χ1n) is 5.62. The van der Waals surface area contributed by atoms with Gasteiger partial charge in [0, 0.05) is 18.7 Å².